The van der Waals surface area contributed by atoms with Crippen LogP contribution in [0.1, 0.15) is 63.8 Å². The number of rotatable bonds is 9. The Morgan fingerprint density at radius 1 is 1.14 bits per heavy atom. The van der Waals surface area contributed by atoms with Crippen LogP contribution in [0.15, 0.2) is 42.5 Å². The summed E-state index contributed by atoms with van der Waals surface area (Å²) in [6.07, 6.45) is 4.63. The molecule has 29 heavy (non-hydrogen) atoms. The maximum Gasteiger partial charge on any atom is 0.307 e. The van der Waals surface area contributed by atoms with E-state index in [1.54, 1.807) is 0 Å². The first kappa shape index (κ1) is 21.4. The van der Waals surface area contributed by atoms with Crippen molar-refractivity contribution in [3.63, 3.8) is 0 Å². The number of imidazole rings is 1. The van der Waals surface area contributed by atoms with Gasteiger partial charge in [-0.3, -0.25) is 9.36 Å². The Kier molecular flexibility index (Phi) is 6.96. The summed E-state index contributed by atoms with van der Waals surface area (Å²) >= 11 is 6.26. The topological polar surface area (TPSA) is 55.1 Å². The molecule has 0 spiro atoms. The van der Waals surface area contributed by atoms with Gasteiger partial charge < -0.3 is 5.11 Å². The van der Waals surface area contributed by atoms with E-state index in [2.05, 4.69) is 23.6 Å². The van der Waals surface area contributed by atoms with Crippen LogP contribution in [0, 0.1) is 5.92 Å². The fraction of sp³-hybridized carbons (Fsp3) is 0.417. The molecule has 3 rings (SSSR count). The lowest BCUT2D eigenvalue weighted by molar-refractivity contribution is -0.142. The Hall–Kier alpha value is -2.33. The van der Waals surface area contributed by atoms with Crippen LogP contribution in [0.3, 0.4) is 0 Å². The fourth-order valence-electron chi connectivity index (χ4n) is 3.95. The van der Waals surface area contributed by atoms with E-state index in [1.165, 1.54) is 0 Å². The van der Waals surface area contributed by atoms with Gasteiger partial charge in [0.05, 0.1) is 17.0 Å². The van der Waals surface area contributed by atoms with E-state index in [0.29, 0.717) is 11.4 Å². The van der Waals surface area contributed by atoms with Crippen molar-refractivity contribution in [1.82, 2.24) is 9.55 Å². The third-order valence-electron chi connectivity index (χ3n) is 5.64. The number of aliphatic carboxylic acids is 1. The standard InChI is InChI=1S/C24H29ClN2O2/c1-4-6-8-23-26-21-14-11-18(25)15-22(21)27(23)19-12-9-17(10-13-19)16(3)20(7-5-2)24(28)29/h9-16,20H,4-8H2,1-3H3,(H,28,29). The highest BCUT2D eigenvalue weighted by Gasteiger charge is 2.25. The number of nitrogens with zero attached hydrogens (tertiary/aromatic N) is 2. The summed E-state index contributed by atoms with van der Waals surface area (Å²) in [4.78, 5) is 16.5. The Labute approximate surface area is 177 Å². The maximum atomic E-state index is 11.7. The molecule has 0 bridgehead atoms. The molecule has 1 N–H and O–H groups in total. The Morgan fingerprint density at radius 2 is 1.86 bits per heavy atom. The Balaban J connectivity index is 1.99. The smallest absolute Gasteiger partial charge is 0.307 e. The lowest BCUT2D eigenvalue weighted by Gasteiger charge is -2.20. The van der Waals surface area contributed by atoms with Gasteiger partial charge in [-0.1, -0.05) is 57.3 Å². The van der Waals surface area contributed by atoms with Crippen molar-refractivity contribution in [3.05, 3.63) is 58.9 Å². The first-order valence-electron chi connectivity index (χ1n) is 10.5. The van der Waals surface area contributed by atoms with Crippen molar-refractivity contribution in [2.75, 3.05) is 0 Å². The van der Waals surface area contributed by atoms with Gasteiger partial charge in [-0.25, -0.2) is 4.98 Å². The van der Waals surface area contributed by atoms with Gasteiger partial charge in [0.15, 0.2) is 0 Å². The van der Waals surface area contributed by atoms with E-state index in [9.17, 15) is 9.90 Å². The van der Waals surface area contributed by atoms with E-state index < -0.39 is 5.97 Å². The molecular weight excluding hydrogens is 384 g/mol. The number of carboxylic acids is 1. The van der Waals surface area contributed by atoms with Gasteiger partial charge in [0.25, 0.3) is 0 Å². The molecule has 2 atom stereocenters. The van der Waals surface area contributed by atoms with Crippen LogP contribution in [0.25, 0.3) is 16.7 Å². The van der Waals surface area contributed by atoms with Crippen LogP contribution in [-0.2, 0) is 11.2 Å². The molecule has 0 saturated heterocycles. The molecule has 0 aliphatic carbocycles. The maximum absolute atomic E-state index is 11.7. The minimum Gasteiger partial charge on any atom is -0.481 e. The summed E-state index contributed by atoms with van der Waals surface area (Å²) < 4.78 is 2.17. The number of benzene rings is 2. The van der Waals surface area contributed by atoms with Gasteiger partial charge in [0.1, 0.15) is 5.82 Å². The number of fused-ring (bicyclic) bond motifs is 1. The van der Waals surface area contributed by atoms with Gasteiger partial charge >= 0.3 is 5.97 Å². The number of aryl methyl sites for hydroxylation is 1. The average molecular weight is 413 g/mol. The van der Waals surface area contributed by atoms with E-state index in [-0.39, 0.29) is 11.8 Å². The largest absolute Gasteiger partial charge is 0.481 e. The van der Waals surface area contributed by atoms with Crippen LogP contribution in [0.5, 0.6) is 0 Å². The third-order valence-corrected chi connectivity index (χ3v) is 5.87. The van der Waals surface area contributed by atoms with Crippen LogP contribution in [-0.4, -0.2) is 20.6 Å². The molecule has 2 unspecified atom stereocenters. The SMILES string of the molecule is CCCCc1nc2ccc(Cl)cc2n1-c1ccc(C(C)C(CCC)C(=O)O)cc1. The summed E-state index contributed by atoms with van der Waals surface area (Å²) in [6.45, 7) is 6.20. The molecule has 154 valence electrons. The first-order valence-corrected chi connectivity index (χ1v) is 10.8. The summed E-state index contributed by atoms with van der Waals surface area (Å²) in [5, 5.41) is 10.3. The third kappa shape index (κ3) is 4.64. The van der Waals surface area contributed by atoms with Gasteiger partial charge in [-0.05, 0) is 54.7 Å². The summed E-state index contributed by atoms with van der Waals surface area (Å²) in [5.41, 5.74) is 4.01. The number of halogens is 1. The average Bonchev–Trinajstić information content (AvgIpc) is 3.07. The molecule has 1 aromatic heterocycles. The van der Waals surface area contributed by atoms with Crippen LogP contribution in [0.2, 0.25) is 5.02 Å². The Morgan fingerprint density at radius 3 is 2.48 bits per heavy atom. The van der Waals surface area contributed by atoms with Crippen molar-refractivity contribution in [2.45, 2.75) is 58.8 Å². The van der Waals surface area contributed by atoms with Crippen molar-refractivity contribution in [2.24, 2.45) is 5.92 Å². The highest BCUT2D eigenvalue weighted by atomic mass is 35.5. The predicted octanol–water partition coefficient (Wildman–Crippen LogP) is 6.63. The number of hydrogen-bond donors (Lipinski definition) is 1. The molecule has 5 heteroatoms. The molecule has 0 saturated carbocycles. The molecular formula is C24H29ClN2O2. The minimum absolute atomic E-state index is 0.0324. The lowest BCUT2D eigenvalue weighted by Crippen LogP contribution is -2.20. The van der Waals surface area contributed by atoms with E-state index in [1.807, 2.05) is 44.2 Å². The number of carboxylic acid groups (broad SMARTS) is 1. The van der Waals surface area contributed by atoms with Gasteiger partial charge in [0, 0.05) is 17.1 Å². The van der Waals surface area contributed by atoms with Gasteiger partial charge in [-0.2, -0.15) is 0 Å². The number of hydrogen-bond acceptors (Lipinski definition) is 2. The monoisotopic (exact) mass is 412 g/mol. The summed E-state index contributed by atoms with van der Waals surface area (Å²) in [6, 6.07) is 14.0. The molecule has 0 aliphatic rings. The van der Waals surface area contributed by atoms with E-state index >= 15 is 0 Å². The van der Waals surface area contributed by atoms with Crippen molar-refractivity contribution in [1.29, 1.82) is 0 Å². The molecule has 0 fully saturated rings. The minimum atomic E-state index is -0.722. The van der Waals surface area contributed by atoms with Crippen LogP contribution >= 0.6 is 11.6 Å². The van der Waals surface area contributed by atoms with Crippen molar-refractivity contribution >= 4 is 28.6 Å². The molecule has 1 heterocycles. The molecule has 2 aromatic carbocycles. The zero-order valence-corrected chi connectivity index (χ0v) is 18.1. The van der Waals surface area contributed by atoms with E-state index in [0.717, 1.165) is 53.8 Å². The molecule has 0 radical (unpaired) electrons. The number of carbonyl (C=O) groups is 1. The van der Waals surface area contributed by atoms with Gasteiger partial charge in [0.2, 0.25) is 0 Å². The number of unbranched alkanes of at least 4 members (excludes halogenated alkanes) is 1. The Bertz CT molecular complexity index is 978. The van der Waals surface area contributed by atoms with Crippen molar-refractivity contribution in [3.8, 4) is 5.69 Å². The molecule has 4 nitrogen and oxygen atoms in total. The zero-order chi connectivity index (χ0) is 21.0. The second-order valence-corrected chi connectivity index (χ2v) is 8.15. The fourth-order valence-corrected chi connectivity index (χ4v) is 4.11. The second kappa shape index (κ2) is 9.45. The molecule has 0 aliphatic heterocycles. The predicted molar refractivity (Wildman–Crippen MR) is 119 cm³/mol. The van der Waals surface area contributed by atoms with Crippen LogP contribution < -0.4 is 0 Å². The van der Waals surface area contributed by atoms with E-state index in [4.69, 9.17) is 16.6 Å². The highest BCUT2D eigenvalue weighted by Crippen LogP contribution is 2.30. The van der Waals surface area contributed by atoms with Gasteiger partial charge in [-0.15, -0.1) is 0 Å². The van der Waals surface area contributed by atoms with Crippen LogP contribution in [0.4, 0.5) is 0 Å². The molecule has 0 amide bonds. The normalized spacial score (nSPS) is 13.5. The first-order chi connectivity index (χ1) is 14.0. The number of aromatic nitrogens is 2. The quantitative estimate of drug-likeness (QED) is 0.429. The lowest BCUT2D eigenvalue weighted by atomic mass is 9.84. The van der Waals surface area contributed by atoms with Crippen molar-refractivity contribution < 1.29 is 9.90 Å². The summed E-state index contributed by atoms with van der Waals surface area (Å²) in [7, 11) is 0. The zero-order valence-electron chi connectivity index (χ0n) is 17.4. The molecule has 3 aromatic rings. The summed E-state index contributed by atoms with van der Waals surface area (Å²) in [5.74, 6) is -0.0891. The highest BCUT2D eigenvalue weighted by molar-refractivity contribution is 6.31. The second-order valence-electron chi connectivity index (χ2n) is 7.71.